The van der Waals surface area contributed by atoms with Crippen molar-refractivity contribution in [3.05, 3.63) is 119 Å². The van der Waals surface area contributed by atoms with Gasteiger partial charge in [-0.25, -0.2) is 0 Å². The van der Waals surface area contributed by atoms with Gasteiger partial charge >= 0.3 is 0 Å². The third kappa shape index (κ3) is 68.7. The molecule has 732 valence electrons. The summed E-state index contributed by atoms with van der Waals surface area (Å²) in [6.45, 7) is 9.84. The number of nitrogens with zero attached hydrogens (tertiary/aromatic N) is 2. The van der Waals surface area contributed by atoms with E-state index in [1.807, 2.05) is 27.7 Å². The topological polar surface area (TPSA) is 328 Å². The molecule has 4 aromatic carbocycles. The minimum Gasteiger partial charge on any atom is -0.382 e. The Morgan fingerprint density at radius 3 is 0.579 bits per heavy atom. The Bertz CT molecular complexity index is 3070. The van der Waals surface area contributed by atoms with Crippen LogP contribution in [0.15, 0.2) is 117 Å². The molecule has 0 N–H and O–H groups in total. The number of benzene rings is 4. The van der Waals surface area contributed by atoms with E-state index in [1.54, 1.807) is 77.0 Å². The fraction of sp³-hybridized carbons (Fsp3) is 0.724. The smallest absolute Gasteiger partial charge is 0.297 e. The number of ether oxygens (including phenoxy) is 16. The van der Waals surface area contributed by atoms with Crippen molar-refractivity contribution >= 4 is 40.5 Å². The van der Waals surface area contributed by atoms with Crippen LogP contribution in [0.1, 0.15) is 156 Å². The summed E-state index contributed by atoms with van der Waals surface area (Å²) < 4.78 is 219. The van der Waals surface area contributed by atoms with Crippen LogP contribution in [0.4, 0.5) is 0 Å². The maximum atomic E-state index is 13.0. The Balaban J connectivity index is -0.000000480. The molecule has 0 aliphatic carbocycles. The Morgan fingerprint density at radius 1 is 0.223 bits per heavy atom. The maximum Gasteiger partial charge on any atom is 0.297 e. The third-order valence-electron chi connectivity index (χ3n) is 14.6. The first-order valence-electron chi connectivity index (χ1n) is 33.9. The fourth-order valence-corrected chi connectivity index (χ4v) is 12.8. The van der Waals surface area contributed by atoms with Crippen LogP contribution < -0.4 is 0 Å². The molecule has 4 atom stereocenters. The van der Waals surface area contributed by atoms with E-state index in [0.29, 0.717) is 26.4 Å². The Morgan fingerprint density at radius 2 is 0.380 bits per heavy atom. The van der Waals surface area contributed by atoms with Gasteiger partial charge in [0.2, 0.25) is 0 Å². The van der Waals surface area contributed by atoms with Gasteiger partial charge in [-0.3, -0.25) is 26.5 Å². The summed E-state index contributed by atoms with van der Waals surface area (Å²) in [4.78, 5) is 4.24. The number of hydrogen-bond donors (Lipinski definition) is 0. The summed E-state index contributed by atoms with van der Waals surface area (Å²) in [5.74, 6) is 0. The molecule has 0 radical (unpaired) electrons. The summed E-state index contributed by atoms with van der Waals surface area (Å²) in [6.07, 6.45) is -2.54. The molecule has 0 bridgehead atoms. The van der Waals surface area contributed by atoms with Crippen LogP contribution in [0.2, 0.25) is 0 Å². The van der Waals surface area contributed by atoms with Gasteiger partial charge in [-0.2, -0.15) is 33.7 Å². The van der Waals surface area contributed by atoms with Crippen molar-refractivity contribution in [3.8, 4) is 0 Å². The fourth-order valence-electron chi connectivity index (χ4n) is 9.26. The monoisotopic (exact) mass is 1830 g/mol. The summed E-state index contributed by atoms with van der Waals surface area (Å²) in [6, 6.07) is 25.1. The maximum absolute atomic E-state index is 13.0. The molecule has 0 aliphatic rings. The normalized spacial score (nSPS) is 11.7. The second-order valence-electron chi connectivity index (χ2n) is 23.3. The number of aryl methyl sites for hydroxylation is 4. The summed E-state index contributed by atoms with van der Waals surface area (Å²) >= 11 is 0. The lowest BCUT2D eigenvalue weighted by Crippen LogP contribution is -2.52. The predicted molar refractivity (Wildman–Crippen MR) is 499 cm³/mol. The molecule has 121 heavy (non-hydrogen) atoms. The van der Waals surface area contributed by atoms with Gasteiger partial charge < -0.3 is 75.8 Å². The van der Waals surface area contributed by atoms with Gasteiger partial charge in [-0.05, 0) is 76.2 Å². The van der Waals surface area contributed by atoms with Gasteiger partial charge in [0, 0.05) is 54.6 Å². The molecule has 0 aromatic heterocycles. The van der Waals surface area contributed by atoms with Crippen molar-refractivity contribution in [1.82, 2.24) is 9.80 Å². The molecule has 0 heterocycles. The van der Waals surface area contributed by atoms with Crippen LogP contribution in [-0.2, 0) is 133 Å². The van der Waals surface area contributed by atoms with Gasteiger partial charge in [-0.15, -0.1) is 0 Å². The molecule has 4 unspecified atom stereocenters. The van der Waals surface area contributed by atoms with Crippen molar-refractivity contribution in [3.63, 3.8) is 0 Å². The number of hydrogen-bond acceptors (Lipinski definition) is 30. The van der Waals surface area contributed by atoms with E-state index < -0.39 is 64.9 Å². The molecule has 0 spiro atoms. The average Bonchev–Trinajstić information content (AvgIpc) is 0.879. The predicted octanol–water partition coefficient (Wildman–Crippen LogP) is 16.1. The highest BCUT2D eigenvalue weighted by atomic mass is 32.2. The van der Waals surface area contributed by atoms with Crippen LogP contribution >= 0.6 is 0 Å². The van der Waals surface area contributed by atoms with E-state index in [0.717, 1.165) is 22.3 Å². The Kier molecular flexibility index (Phi) is 111. The van der Waals surface area contributed by atoms with Crippen molar-refractivity contribution in [2.24, 2.45) is 0 Å². The first kappa shape index (κ1) is 151. The first-order valence-corrected chi connectivity index (χ1v) is 39.6. The average molecular weight is 1830 g/mol. The quantitative estimate of drug-likeness (QED) is 0.0225. The number of methoxy groups -OCH3 is 4. The lowest BCUT2D eigenvalue weighted by Gasteiger charge is -2.37. The van der Waals surface area contributed by atoms with E-state index in [-0.39, 0.29) is 345 Å². The van der Waals surface area contributed by atoms with Gasteiger partial charge in [0.1, 0.15) is 0 Å². The molecule has 4 rings (SSSR count). The Labute approximate surface area is 743 Å². The number of rotatable bonds is 66. The van der Waals surface area contributed by atoms with Gasteiger partial charge in [-0.1, -0.05) is 204 Å². The van der Waals surface area contributed by atoms with Crippen LogP contribution in [-0.4, -0.2) is 314 Å². The SMILES string of the molecule is C.C.C.C.C.C.C.C.C.C.C.C.C.C.C.C.C.C.COCCOCC(CN(CC(COCCOC)OCCOC)CN(CC(COCCOCCOS(=O)(=O)c1ccc(C)cc1)OCCOCCOS(=O)(=O)c1ccc(C)cc1)CC(COCCOCCOS(=O)(=O)c1ccc(C)cc1)OCCOCCOS(=O)(=O)c1ccc(C)cc1)OCCOC. The summed E-state index contributed by atoms with van der Waals surface area (Å²) in [7, 11) is -9.89. The zero-order valence-electron chi connectivity index (χ0n) is 60.8. The van der Waals surface area contributed by atoms with Crippen molar-refractivity contribution in [2.75, 3.05) is 246 Å². The lowest BCUT2D eigenvalue weighted by molar-refractivity contribution is -0.100. The van der Waals surface area contributed by atoms with Gasteiger partial charge in [0.05, 0.1) is 236 Å². The largest absolute Gasteiger partial charge is 0.382 e. The van der Waals surface area contributed by atoms with E-state index in [4.69, 9.17) is 92.5 Å². The van der Waals surface area contributed by atoms with Gasteiger partial charge in [0.15, 0.2) is 0 Å². The van der Waals surface area contributed by atoms with Crippen LogP contribution in [0.5, 0.6) is 0 Å². The van der Waals surface area contributed by atoms with Crippen molar-refractivity contribution < 1.29 is 126 Å². The molecular formula is C87H182N2O28S4. The molecule has 0 amide bonds. The zero-order valence-corrected chi connectivity index (χ0v) is 64.1. The highest BCUT2D eigenvalue weighted by Gasteiger charge is 2.28. The highest BCUT2D eigenvalue weighted by Crippen LogP contribution is 2.18. The van der Waals surface area contributed by atoms with Crippen LogP contribution in [0.3, 0.4) is 0 Å². The lowest BCUT2D eigenvalue weighted by atomic mass is 10.2. The van der Waals surface area contributed by atoms with Crippen LogP contribution in [0.25, 0.3) is 0 Å². The molecule has 34 heteroatoms. The molecule has 30 nitrogen and oxygen atoms in total. The second kappa shape index (κ2) is 89.2. The molecule has 0 fully saturated rings. The molecular weight excluding hydrogens is 1650 g/mol. The van der Waals surface area contributed by atoms with E-state index in [2.05, 4.69) is 9.80 Å². The highest BCUT2D eigenvalue weighted by molar-refractivity contribution is 7.87. The summed E-state index contributed by atoms with van der Waals surface area (Å²) in [5, 5.41) is 0. The van der Waals surface area contributed by atoms with E-state index in [1.165, 1.54) is 48.5 Å². The third-order valence-corrected chi connectivity index (χ3v) is 19.9. The van der Waals surface area contributed by atoms with E-state index in [9.17, 15) is 33.7 Å². The van der Waals surface area contributed by atoms with Crippen LogP contribution in [0, 0.1) is 27.7 Å². The van der Waals surface area contributed by atoms with Crippen molar-refractivity contribution in [2.45, 2.75) is 205 Å². The first-order chi connectivity index (χ1) is 49.6. The van der Waals surface area contributed by atoms with Gasteiger partial charge in [0.25, 0.3) is 40.5 Å². The van der Waals surface area contributed by atoms with Crippen molar-refractivity contribution in [1.29, 1.82) is 0 Å². The zero-order chi connectivity index (χ0) is 74.9. The minimum atomic E-state index is -4.06. The molecule has 0 aliphatic heterocycles. The minimum absolute atomic E-state index is 0. The van der Waals surface area contributed by atoms with E-state index >= 15 is 0 Å². The standard InChI is InChI=1S/C69H110N2O28S4.18CH4/c1-58-9-17-66(18-10-58)100(72,73)96-45-37-84-31-33-90-55-64(94-43-35-86-39-47-98-102(76,77)68-21-13-60(3)14-22-68)51-71(57-70(49-62(92-41-27-82-7)53-88-29-25-80-5)50-63(93-42-28-83-8)54-89-30-26-81-6)52-65(95-44-36-87-40-48-99-103(78,79)69-23-15-61(4)16-24-69)56-91-34-32-85-38-46-97-101(74,75)67-19-11-59(2)12-20-67;;;;;;;;;;;;;;;;;;/h9-24,62-65H,25-57H2,1-8H3;18*1H4. The molecule has 0 saturated heterocycles. The molecule has 0 saturated carbocycles. The second-order valence-corrected chi connectivity index (χ2v) is 29.7. The molecule has 4 aromatic rings. The Hall–Kier alpha value is -4.20. The summed E-state index contributed by atoms with van der Waals surface area (Å²) in [5.41, 5.74) is 3.55.